The summed E-state index contributed by atoms with van der Waals surface area (Å²) in [5, 5.41) is 14.5. The van der Waals surface area contributed by atoms with Crippen molar-refractivity contribution in [1.29, 1.82) is 0 Å². The molecule has 1 atom stereocenters. The number of nitrogens with one attached hydrogen (secondary N) is 2. The lowest BCUT2D eigenvalue weighted by molar-refractivity contribution is -0.126. The van der Waals surface area contributed by atoms with E-state index in [-0.39, 0.29) is 35.5 Å². The molecule has 0 aromatic heterocycles. The van der Waals surface area contributed by atoms with Crippen LogP contribution >= 0.6 is 31.9 Å². The quantitative estimate of drug-likeness (QED) is 0.700. The van der Waals surface area contributed by atoms with Gasteiger partial charge in [-0.05, 0) is 34.5 Å². The van der Waals surface area contributed by atoms with E-state index in [4.69, 9.17) is 0 Å². The number of halogens is 2. The van der Waals surface area contributed by atoms with E-state index in [1.165, 1.54) is 6.07 Å². The molecule has 1 heterocycles. The van der Waals surface area contributed by atoms with Crippen molar-refractivity contribution in [2.24, 2.45) is 5.92 Å². The number of anilines is 1. The van der Waals surface area contributed by atoms with E-state index in [2.05, 4.69) is 42.5 Å². The number of hydrogen-bond donors (Lipinski definition) is 3. The van der Waals surface area contributed by atoms with Crippen molar-refractivity contribution in [3.05, 3.63) is 26.6 Å². The van der Waals surface area contributed by atoms with E-state index in [1.54, 1.807) is 6.07 Å². The van der Waals surface area contributed by atoms with Crippen LogP contribution in [0.3, 0.4) is 0 Å². The normalized spacial score (nSPS) is 18.0. The molecule has 1 unspecified atom stereocenters. The Morgan fingerprint density at radius 2 is 2.05 bits per heavy atom. The van der Waals surface area contributed by atoms with Crippen LogP contribution in [0.1, 0.15) is 23.2 Å². The second-order valence-electron chi connectivity index (χ2n) is 4.64. The second-order valence-corrected chi connectivity index (χ2v) is 6.41. The Labute approximate surface area is 137 Å². The molecule has 0 aliphatic carbocycles. The molecule has 2 amide bonds. The van der Waals surface area contributed by atoms with Gasteiger partial charge in [-0.1, -0.05) is 15.9 Å². The standard InChI is InChI=1S/C13H12Br2N2O4/c14-7-3-8(13(20)21)11(9(15)4-7)17-12(19)6-1-2-10(18)16-5-6/h3-4,6H,1-2,5H2,(H,16,18)(H,17,19)(H,20,21). The van der Waals surface area contributed by atoms with Crippen molar-refractivity contribution >= 4 is 55.3 Å². The summed E-state index contributed by atoms with van der Waals surface area (Å²) in [6.45, 7) is 0.265. The number of benzene rings is 1. The number of amides is 2. The van der Waals surface area contributed by atoms with E-state index in [1.807, 2.05) is 0 Å². The van der Waals surface area contributed by atoms with Crippen LogP contribution < -0.4 is 10.6 Å². The molecule has 1 aromatic carbocycles. The predicted octanol–water partition coefficient (Wildman–Crippen LogP) is 2.37. The second kappa shape index (κ2) is 6.57. The molecule has 112 valence electrons. The van der Waals surface area contributed by atoms with Crippen molar-refractivity contribution in [3.63, 3.8) is 0 Å². The van der Waals surface area contributed by atoms with E-state index >= 15 is 0 Å². The van der Waals surface area contributed by atoms with Gasteiger partial charge in [-0.3, -0.25) is 9.59 Å². The molecule has 0 spiro atoms. The molecule has 0 bridgehead atoms. The highest BCUT2D eigenvalue weighted by molar-refractivity contribution is 9.11. The van der Waals surface area contributed by atoms with Gasteiger partial charge in [0.15, 0.2) is 0 Å². The number of carboxylic acid groups (broad SMARTS) is 1. The van der Waals surface area contributed by atoms with Crippen molar-refractivity contribution in [3.8, 4) is 0 Å². The molecular weight excluding hydrogens is 408 g/mol. The van der Waals surface area contributed by atoms with Gasteiger partial charge in [0.25, 0.3) is 0 Å². The molecule has 8 heteroatoms. The first-order valence-corrected chi connectivity index (χ1v) is 7.77. The van der Waals surface area contributed by atoms with E-state index in [0.717, 1.165) is 0 Å². The van der Waals surface area contributed by atoms with Gasteiger partial charge in [-0.2, -0.15) is 0 Å². The Kier molecular flexibility index (Phi) is 5.00. The average molecular weight is 420 g/mol. The van der Waals surface area contributed by atoms with Crippen molar-refractivity contribution < 1.29 is 19.5 Å². The Balaban J connectivity index is 2.21. The van der Waals surface area contributed by atoms with Crippen LogP contribution in [-0.2, 0) is 9.59 Å². The van der Waals surface area contributed by atoms with Crippen molar-refractivity contribution in [2.75, 3.05) is 11.9 Å². The zero-order valence-corrected chi connectivity index (χ0v) is 14.0. The molecule has 3 N–H and O–H groups in total. The molecule has 0 saturated carbocycles. The fourth-order valence-corrected chi connectivity index (χ4v) is 3.38. The minimum Gasteiger partial charge on any atom is -0.478 e. The molecule has 6 nitrogen and oxygen atoms in total. The topological polar surface area (TPSA) is 95.5 Å². The van der Waals surface area contributed by atoms with Crippen LogP contribution in [0.15, 0.2) is 21.1 Å². The van der Waals surface area contributed by atoms with Crippen LogP contribution in [0.25, 0.3) is 0 Å². The van der Waals surface area contributed by atoms with Gasteiger partial charge in [-0.15, -0.1) is 0 Å². The van der Waals surface area contributed by atoms with Gasteiger partial charge in [0.2, 0.25) is 11.8 Å². The summed E-state index contributed by atoms with van der Waals surface area (Å²) in [6, 6.07) is 3.08. The summed E-state index contributed by atoms with van der Waals surface area (Å²) in [4.78, 5) is 34.6. The summed E-state index contributed by atoms with van der Waals surface area (Å²) in [5.74, 6) is -1.88. The largest absolute Gasteiger partial charge is 0.478 e. The van der Waals surface area contributed by atoms with Gasteiger partial charge in [-0.25, -0.2) is 4.79 Å². The number of rotatable bonds is 3. The SMILES string of the molecule is O=C1CCC(C(=O)Nc2c(Br)cc(Br)cc2C(=O)O)CN1. The molecule has 1 aliphatic heterocycles. The van der Waals surface area contributed by atoms with Gasteiger partial charge in [0.05, 0.1) is 17.2 Å². The molecule has 2 rings (SSSR count). The van der Waals surface area contributed by atoms with Gasteiger partial charge in [0.1, 0.15) is 0 Å². The highest BCUT2D eigenvalue weighted by atomic mass is 79.9. The smallest absolute Gasteiger partial charge is 0.337 e. The minimum absolute atomic E-state index is 0.00977. The van der Waals surface area contributed by atoms with Crippen LogP contribution in [0.2, 0.25) is 0 Å². The van der Waals surface area contributed by atoms with Crippen LogP contribution in [0, 0.1) is 5.92 Å². The van der Waals surface area contributed by atoms with Crippen LogP contribution in [0.5, 0.6) is 0 Å². The molecule has 21 heavy (non-hydrogen) atoms. The highest BCUT2D eigenvalue weighted by Gasteiger charge is 2.26. The van der Waals surface area contributed by atoms with E-state index in [0.29, 0.717) is 21.8 Å². The maximum atomic E-state index is 12.2. The molecule has 1 fully saturated rings. The number of aromatic carboxylic acids is 1. The summed E-state index contributed by atoms with van der Waals surface area (Å²) < 4.78 is 1.07. The lowest BCUT2D eigenvalue weighted by Gasteiger charge is -2.22. The fraction of sp³-hybridized carbons (Fsp3) is 0.308. The number of carboxylic acids is 1. The average Bonchev–Trinajstić information content (AvgIpc) is 2.41. The molecule has 1 aliphatic rings. The van der Waals surface area contributed by atoms with E-state index in [9.17, 15) is 19.5 Å². The lowest BCUT2D eigenvalue weighted by atomic mass is 9.98. The number of carbonyl (C=O) groups is 3. The highest BCUT2D eigenvalue weighted by Crippen LogP contribution is 2.31. The Morgan fingerprint density at radius 3 is 2.62 bits per heavy atom. The summed E-state index contributed by atoms with van der Waals surface area (Å²) in [7, 11) is 0. The predicted molar refractivity (Wildman–Crippen MR) is 83.2 cm³/mol. The summed E-state index contributed by atoms with van der Waals surface area (Å²) in [5.41, 5.74) is 0.206. The third-order valence-electron chi connectivity index (χ3n) is 3.17. The first-order valence-electron chi connectivity index (χ1n) is 6.18. The zero-order chi connectivity index (χ0) is 15.6. The zero-order valence-electron chi connectivity index (χ0n) is 10.8. The van der Waals surface area contributed by atoms with Crippen molar-refractivity contribution in [2.45, 2.75) is 12.8 Å². The fourth-order valence-electron chi connectivity index (χ4n) is 2.05. The third kappa shape index (κ3) is 3.82. The number of carbonyl (C=O) groups excluding carboxylic acids is 2. The monoisotopic (exact) mass is 418 g/mol. The van der Waals surface area contributed by atoms with Crippen molar-refractivity contribution in [1.82, 2.24) is 5.32 Å². The maximum Gasteiger partial charge on any atom is 0.337 e. The Hall–Kier alpha value is -1.41. The molecular formula is C13H12Br2N2O4. The van der Waals surface area contributed by atoms with Gasteiger partial charge in [0, 0.05) is 21.9 Å². The first-order chi connectivity index (χ1) is 9.88. The van der Waals surface area contributed by atoms with Gasteiger partial charge >= 0.3 is 5.97 Å². The number of hydrogen-bond acceptors (Lipinski definition) is 3. The van der Waals surface area contributed by atoms with Crippen LogP contribution in [-0.4, -0.2) is 29.4 Å². The summed E-state index contributed by atoms with van der Waals surface area (Å²) >= 11 is 6.46. The first kappa shape index (κ1) is 16.0. The Bertz CT molecular complexity index is 608. The third-order valence-corrected chi connectivity index (χ3v) is 4.25. The molecule has 0 radical (unpaired) electrons. The molecule has 1 saturated heterocycles. The number of piperidine rings is 1. The molecule has 1 aromatic rings. The lowest BCUT2D eigenvalue weighted by Crippen LogP contribution is -2.40. The summed E-state index contributed by atoms with van der Waals surface area (Å²) in [6.07, 6.45) is 0.750. The van der Waals surface area contributed by atoms with Gasteiger partial charge < -0.3 is 15.7 Å². The Morgan fingerprint density at radius 1 is 1.33 bits per heavy atom. The van der Waals surface area contributed by atoms with Crippen LogP contribution in [0.4, 0.5) is 5.69 Å². The maximum absolute atomic E-state index is 12.2. The van der Waals surface area contributed by atoms with E-state index < -0.39 is 5.97 Å². The minimum atomic E-state index is -1.13.